The summed E-state index contributed by atoms with van der Waals surface area (Å²) in [6.07, 6.45) is 2.62. The number of carboxylic acid groups (broad SMARTS) is 1. The van der Waals surface area contributed by atoms with E-state index in [9.17, 15) is 21.6 Å². The molecular weight excluding hydrogens is 557 g/mol. The number of sulfonamides is 1. The number of carboxylic acids is 1. The lowest BCUT2D eigenvalue weighted by atomic mass is 9.96. The van der Waals surface area contributed by atoms with E-state index in [2.05, 4.69) is 15.0 Å². The maximum Gasteiger partial charge on any atom is 0.490 e. The molecule has 3 aromatic rings. The monoisotopic (exact) mass is 586 g/mol. The van der Waals surface area contributed by atoms with Gasteiger partial charge in [-0.1, -0.05) is 42.7 Å². The summed E-state index contributed by atoms with van der Waals surface area (Å²) in [4.78, 5) is 18.9. The quantitative estimate of drug-likeness (QED) is 0.307. The average molecular weight is 587 g/mol. The summed E-state index contributed by atoms with van der Waals surface area (Å²) < 4.78 is 65.9. The van der Waals surface area contributed by atoms with E-state index in [0.717, 1.165) is 21.3 Å². The number of aryl methyl sites for hydroxylation is 2. The molecule has 0 radical (unpaired) electrons. The number of carbonyl (C=O) groups is 1. The number of nitrogens with one attached hydrogen (secondary N) is 2. The predicted molar refractivity (Wildman–Crippen MR) is 143 cm³/mol. The summed E-state index contributed by atoms with van der Waals surface area (Å²) in [6, 6.07) is 9.24. The molecule has 0 spiro atoms. The van der Waals surface area contributed by atoms with Gasteiger partial charge < -0.3 is 15.2 Å². The lowest BCUT2D eigenvalue weighted by molar-refractivity contribution is -0.192. The molecule has 1 saturated carbocycles. The van der Waals surface area contributed by atoms with Crippen molar-refractivity contribution in [1.82, 2.24) is 9.97 Å². The van der Waals surface area contributed by atoms with Crippen LogP contribution >= 0.6 is 11.3 Å². The molecule has 0 atom stereocenters. The number of thiazole rings is 1. The number of hydrogen-bond acceptors (Lipinski definition) is 8. The molecule has 4 rings (SSSR count). The molecule has 0 saturated heterocycles. The molecule has 1 fully saturated rings. The Morgan fingerprint density at radius 1 is 1.15 bits per heavy atom. The maximum absolute atomic E-state index is 13.2. The van der Waals surface area contributed by atoms with Crippen LogP contribution in [0.4, 0.5) is 24.0 Å². The van der Waals surface area contributed by atoms with Crippen LogP contribution in [0.3, 0.4) is 0 Å². The molecule has 1 aromatic carbocycles. The van der Waals surface area contributed by atoms with E-state index >= 15 is 0 Å². The minimum atomic E-state index is -5.08. The number of halogens is 3. The van der Waals surface area contributed by atoms with Gasteiger partial charge in [-0.3, -0.25) is 4.72 Å². The van der Waals surface area contributed by atoms with Crippen LogP contribution in [0.5, 0.6) is 5.88 Å². The molecule has 1 aliphatic carbocycles. The molecule has 0 bridgehead atoms. The van der Waals surface area contributed by atoms with E-state index in [4.69, 9.17) is 19.6 Å². The standard InChI is InChI=1S/C23H28N4O3S2.C2HF3O2/c1-15-11-12-17(21-16(2)25-23(31-21)26-18-8-5-4-6-9-18)14-20(15)32(28,29)27-19-10-7-13-24-22(19)30-3;3-2(4,5)1(6)7/h7,10-14,18,27H,4-6,8-9H2,1-3H3,(H,25,26);(H,6,7). The minimum absolute atomic E-state index is 0.218. The molecular formula is C25H29F3N4O5S2. The van der Waals surface area contributed by atoms with Gasteiger partial charge in [0.05, 0.1) is 22.6 Å². The van der Waals surface area contributed by atoms with E-state index in [-0.39, 0.29) is 10.8 Å². The summed E-state index contributed by atoms with van der Waals surface area (Å²) in [5.41, 5.74) is 2.68. The highest BCUT2D eigenvalue weighted by Gasteiger charge is 2.38. The van der Waals surface area contributed by atoms with Gasteiger partial charge in [-0.2, -0.15) is 13.2 Å². The molecule has 1 aliphatic rings. The van der Waals surface area contributed by atoms with Gasteiger partial charge in [0, 0.05) is 12.2 Å². The fraction of sp³-hybridized carbons (Fsp3) is 0.400. The van der Waals surface area contributed by atoms with Gasteiger partial charge in [0.2, 0.25) is 5.88 Å². The lowest BCUT2D eigenvalue weighted by Crippen LogP contribution is -2.21. The van der Waals surface area contributed by atoms with Crippen molar-refractivity contribution in [3.8, 4) is 16.3 Å². The third-order valence-corrected chi connectivity index (χ3v) is 8.57. The van der Waals surface area contributed by atoms with E-state index in [1.165, 1.54) is 39.2 Å². The molecule has 39 heavy (non-hydrogen) atoms. The molecule has 2 heterocycles. The number of methoxy groups -OCH3 is 1. The fourth-order valence-corrected chi connectivity index (χ4v) is 6.38. The highest BCUT2D eigenvalue weighted by Crippen LogP contribution is 2.36. The Labute approximate surface area is 228 Å². The molecule has 14 heteroatoms. The molecule has 3 N–H and O–H groups in total. The zero-order valence-corrected chi connectivity index (χ0v) is 23.1. The topological polar surface area (TPSA) is 131 Å². The molecule has 0 aliphatic heterocycles. The Kier molecular flexibility index (Phi) is 9.78. The largest absolute Gasteiger partial charge is 0.490 e. The van der Waals surface area contributed by atoms with Gasteiger partial charge in [-0.05, 0) is 56.0 Å². The van der Waals surface area contributed by atoms with Gasteiger partial charge in [-0.25, -0.2) is 23.2 Å². The van der Waals surface area contributed by atoms with Crippen molar-refractivity contribution < 1.29 is 36.2 Å². The first kappa shape index (κ1) is 30.2. The SMILES string of the molecule is COc1ncccc1NS(=O)(=O)c1cc(-c2sc(NC3CCCCC3)nc2C)ccc1C.O=C(O)C(F)(F)F. The minimum Gasteiger partial charge on any atom is -0.480 e. The van der Waals surface area contributed by atoms with Gasteiger partial charge in [0.1, 0.15) is 5.69 Å². The number of alkyl halides is 3. The maximum atomic E-state index is 13.2. The number of rotatable bonds is 7. The summed E-state index contributed by atoms with van der Waals surface area (Å²) >= 11 is 1.57. The second-order valence-corrected chi connectivity index (χ2v) is 11.5. The normalized spacial score (nSPS) is 14.2. The summed E-state index contributed by atoms with van der Waals surface area (Å²) in [5, 5.41) is 11.6. The second kappa shape index (κ2) is 12.6. The van der Waals surface area contributed by atoms with Crippen molar-refractivity contribution in [1.29, 1.82) is 0 Å². The average Bonchev–Trinajstić information content (AvgIpc) is 3.24. The van der Waals surface area contributed by atoms with Crippen LogP contribution in [0.1, 0.15) is 43.4 Å². The van der Waals surface area contributed by atoms with Crippen molar-refractivity contribution in [3.63, 3.8) is 0 Å². The third-order valence-electron chi connectivity index (χ3n) is 5.92. The van der Waals surface area contributed by atoms with E-state index in [0.29, 0.717) is 17.3 Å². The van der Waals surface area contributed by atoms with Crippen molar-refractivity contribution in [2.24, 2.45) is 0 Å². The number of aliphatic carboxylic acids is 1. The number of benzene rings is 1. The number of pyridine rings is 1. The van der Waals surface area contributed by atoms with Crippen molar-refractivity contribution in [2.75, 3.05) is 17.1 Å². The predicted octanol–water partition coefficient (Wildman–Crippen LogP) is 6.01. The van der Waals surface area contributed by atoms with Crippen LogP contribution in [-0.4, -0.2) is 48.8 Å². The number of nitrogens with zero attached hydrogens (tertiary/aromatic N) is 2. The van der Waals surface area contributed by atoms with Crippen molar-refractivity contribution in [2.45, 2.75) is 63.1 Å². The van der Waals surface area contributed by atoms with Crippen LogP contribution in [0.2, 0.25) is 0 Å². The highest BCUT2D eigenvalue weighted by atomic mass is 32.2. The first-order valence-corrected chi connectivity index (χ1v) is 14.3. The Morgan fingerprint density at radius 2 is 1.82 bits per heavy atom. The number of ether oxygens (including phenoxy) is 1. The van der Waals surface area contributed by atoms with Gasteiger partial charge in [0.25, 0.3) is 10.0 Å². The first-order valence-electron chi connectivity index (χ1n) is 12.0. The Hall–Kier alpha value is -3.39. The highest BCUT2D eigenvalue weighted by molar-refractivity contribution is 7.92. The number of hydrogen-bond donors (Lipinski definition) is 3. The Balaban J connectivity index is 0.000000532. The third kappa shape index (κ3) is 8.05. The molecule has 0 unspecified atom stereocenters. The zero-order chi connectivity index (χ0) is 28.8. The van der Waals surface area contributed by atoms with Crippen LogP contribution < -0.4 is 14.8 Å². The number of aromatic nitrogens is 2. The van der Waals surface area contributed by atoms with Crippen molar-refractivity contribution >= 4 is 38.1 Å². The first-order chi connectivity index (χ1) is 18.3. The van der Waals surface area contributed by atoms with E-state index < -0.39 is 22.2 Å². The summed E-state index contributed by atoms with van der Waals surface area (Å²) in [6.45, 7) is 3.75. The smallest absolute Gasteiger partial charge is 0.480 e. The zero-order valence-electron chi connectivity index (χ0n) is 21.5. The van der Waals surface area contributed by atoms with Crippen LogP contribution in [0, 0.1) is 13.8 Å². The Morgan fingerprint density at radius 3 is 2.44 bits per heavy atom. The molecule has 0 amide bonds. The molecule has 2 aromatic heterocycles. The van der Waals surface area contributed by atoms with Gasteiger partial charge in [0.15, 0.2) is 5.13 Å². The van der Waals surface area contributed by atoms with Crippen LogP contribution in [0.15, 0.2) is 41.4 Å². The fourth-order valence-electron chi connectivity index (χ4n) is 4.01. The lowest BCUT2D eigenvalue weighted by Gasteiger charge is -2.22. The molecule has 9 nitrogen and oxygen atoms in total. The second-order valence-electron chi connectivity index (χ2n) is 8.86. The van der Waals surface area contributed by atoms with Gasteiger partial charge in [-0.15, -0.1) is 0 Å². The Bertz CT molecular complexity index is 1400. The summed E-state index contributed by atoms with van der Waals surface area (Å²) in [5.74, 6) is -2.53. The number of anilines is 2. The van der Waals surface area contributed by atoms with Crippen LogP contribution in [-0.2, 0) is 14.8 Å². The van der Waals surface area contributed by atoms with Crippen LogP contribution in [0.25, 0.3) is 10.4 Å². The summed E-state index contributed by atoms with van der Waals surface area (Å²) in [7, 11) is -2.38. The van der Waals surface area contributed by atoms with E-state index in [1.54, 1.807) is 42.7 Å². The molecule has 212 valence electrons. The van der Waals surface area contributed by atoms with Gasteiger partial charge >= 0.3 is 12.1 Å². The van der Waals surface area contributed by atoms with Crippen molar-refractivity contribution in [3.05, 3.63) is 47.8 Å². The van der Waals surface area contributed by atoms with E-state index in [1.807, 2.05) is 19.1 Å².